The van der Waals surface area contributed by atoms with Crippen molar-refractivity contribution in [3.8, 4) is 17.9 Å². The maximum absolute atomic E-state index is 13.0. The summed E-state index contributed by atoms with van der Waals surface area (Å²) < 4.78 is 11.0. The number of benzene rings is 2. The van der Waals surface area contributed by atoms with E-state index in [9.17, 15) is 20.1 Å². The fraction of sp³-hybridized carbons (Fsp3) is 0.185. The number of ether oxygens (including phenoxy) is 2. The molecule has 8 heteroatoms. The van der Waals surface area contributed by atoms with E-state index in [1.165, 1.54) is 6.08 Å². The third kappa shape index (κ3) is 6.16. The molecule has 176 valence electrons. The molecule has 0 radical (unpaired) electrons. The van der Waals surface area contributed by atoms with Gasteiger partial charge in [-0.2, -0.15) is 10.5 Å². The number of para-hydroxylation sites is 1. The summed E-state index contributed by atoms with van der Waals surface area (Å²) in [5.41, 5.74) is 2.00. The molecule has 2 aromatic carbocycles. The van der Waals surface area contributed by atoms with Crippen LogP contribution in [0.2, 0.25) is 5.02 Å². The van der Waals surface area contributed by atoms with Gasteiger partial charge in [0.2, 0.25) is 0 Å². The van der Waals surface area contributed by atoms with Crippen molar-refractivity contribution in [2.24, 2.45) is 0 Å². The second-order valence-electron chi connectivity index (χ2n) is 7.37. The van der Waals surface area contributed by atoms with Crippen LogP contribution in [0.3, 0.4) is 0 Å². The Morgan fingerprint density at radius 1 is 1.11 bits per heavy atom. The average molecular weight is 505 g/mol. The maximum Gasteiger partial charge on any atom is 0.348 e. The van der Waals surface area contributed by atoms with Gasteiger partial charge in [-0.3, -0.25) is 4.79 Å². The summed E-state index contributed by atoms with van der Waals surface area (Å²) in [4.78, 5) is 25.9. The number of nitrogens with zero attached hydrogens (tertiary/aromatic N) is 2. The number of thiophene rings is 1. The van der Waals surface area contributed by atoms with Crippen molar-refractivity contribution in [2.45, 2.75) is 26.9 Å². The first kappa shape index (κ1) is 25.7. The van der Waals surface area contributed by atoms with Crippen LogP contribution in [0.25, 0.3) is 6.08 Å². The number of allylic oxidation sites excluding steroid dienone is 1. The van der Waals surface area contributed by atoms with E-state index in [1.54, 1.807) is 44.2 Å². The van der Waals surface area contributed by atoms with Crippen molar-refractivity contribution in [1.29, 1.82) is 10.5 Å². The zero-order valence-electron chi connectivity index (χ0n) is 19.1. The van der Waals surface area contributed by atoms with E-state index in [0.29, 0.717) is 26.8 Å². The third-order valence-corrected chi connectivity index (χ3v) is 6.73. The molecule has 0 bridgehead atoms. The van der Waals surface area contributed by atoms with Gasteiger partial charge in [0, 0.05) is 27.4 Å². The molecule has 0 N–H and O–H groups in total. The number of carbonyl (C=O) groups excluding carboxylic acids is 2. The van der Waals surface area contributed by atoms with E-state index in [4.69, 9.17) is 21.1 Å². The molecule has 0 aliphatic carbocycles. The Bertz CT molecular complexity index is 1380. The highest BCUT2D eigenvalue weighted by molar-refractivity contribution is 7.14. The number of rotatable bonds is 9. The molecule has 0 fully saturated rings. The fourth-order valence-corrected chi connectivity index (χ4v) is 4.65. The molecule has 0 atom stereocenters. The number of halogens is 1. The summed E-state index contributed by atoms with van der Waals surface area (Å²) >= 11 is 7.24. The molecule has 6 nitrogen and oxygen atoms in total. The molecule has 0 amide bonds. The Balaban J connectivity index is 1.85. The molecule has 1 heterocycles. The van der Waals surface area contributed by atoms with Crippen LogP contribution in [-0.4, -0.2) is 18.4 Å². The second-order valence-corrected chi connectivity index (χ2v) is 8.89. The minimum absolute atomic E-state index is 0.0913. The number of ketones is 1. The quantitative estimate of drug-likeness (QED) is 0.199. The number of Topliss-reactive ketones (excluding diaryl/α,β-unsaturated/α-hetero) is 1. The normalized spacial score (nSPS) is 10.8. The van der Waals surface area contributed by atoms with E-state index in [2.05, 4.69) is 6.07 Å². The number of hydrogen-bond donors (Lipinski definition) is 0. The lowest BCUT2D eigenvalue weighted by Gasteiger charge is -2.10. The van der Waals surface area contributed by atoms with Gasteiger partial charge in [0.05, 0.1) is 17.7 Å². The Labute approximate surface area is 212 Å². The Morgan fingerprint density at radius 2 is 1.83 bits per heavy atom. The molecule has 0 saturated carbocycles. The smallest absolute Gasteiger partial charge is 0.348 e. The summed E-state index contributed by atoms with van der Waals surface area (Å²) in [6, 6.07) is 18.4. The Morgan fingerprint density at radius 3 is 2.51 bits per heavy atom. The monoisotopic (exact) mass is 504 g/mol. The predicted octanol–water partition coefficient (Wildman–Crippen LogP) is 6.06. The first-order chi connectivity index (χ1) is 16.9. The van der Waals surface area contributed by atoms with Crippen molar-refractivity contribution in [2.75, 3.05) is 6.61 Å². The summed E-state index contributed by atoms with van der Waals surface area (Å²) in [6.45, 7) is 3.75. The van der Waals surface area contributed by atoms with Crippen molar-refractivity contribution in [3.05, 3.63) is 91.1 Å². The topological polar surface area (TPSA) is 100 Å². The van der Waals surface area contributed by atoms with Crippen LogP contribution in [0, 0.1) is 29.6 Å². The van der Waals surface area contributed by atoms with Crippen LogP contribution in [0.4, 0.5) is 0 Å². The summed E-state index contributed by atoms with van der Waals surface area (Å²) in [5, 5.41) is 19.8. The molecule has 0 saturated heterocycles. The predicted molar refractivity (Wildman–Crippen MR) is 134 cm³/mol. The van der Waals surface area contributed by atoms with Crippen molar-refractivity contribution >= 4 is 40.8 Å². The van der Waals surface area contributed by atoms with Gasteiger partial charge >= 0.3 is 5.97 Å². The lowest BCUT2D eigenvalue weighted by molar-refractivity contribution is -0.114. The van der Waals surface area contributed by atoms with E-state index in [1.807, 2.05) is 24.3 Å². The Kier molecular flexibility index (Phi) is 8.80. The Hall–Kier alpha value is -3.91. The SMILES string of the molecule is CCOC(=O)c1sc(CC(=O)/C(C#N)=C/c2ccccc2OCc2ccccc2Cl)c(C#N)c1C. The van der Waals surface area contributed by atoms with Crippen molar-refractivity contribution in [3.63, 3.8) is 0 Å². The molecule has 0 spiro atoms. The van der Waals surface area contributed by atoms with Gasteiger partial charge in [-0.15, -0.1) is 11.3 Å². The van der Waals surface area contributed by atoms with Crippen LogP contribution in [0.5, 0.6) is 5.75 Å². The number of carbonyl (C=O) groups is 2. The van der Waals surface area contributed by atoms with E-state index < -0.39 is 11.8 Å². The van der Waals surface area contributed by atoms with Crippen LogP contribution >= 0.6 is 22.9 Å². The minimum Gasteiger partial charge on any atom is -0.488 e. The van der Waals surface area contributed by atoms with Gasteiger partial charge in [-0.05, 0) is 37.6 Å². The third-order valence-electron chi connectivity index (χ3n) is 5.09. The molecule has 1 aromatic heterocycles. The second kappa shape index (κ2) is 12.0. The molecule has 0 unspecified atom stereocenters. The summed E-state index contributed by atoms with van der Waals surface area (Å²) in [6.07, 6.45) is 1.28. The average Bonchev–Trinajstić information content (AvgIpc) is 3.17. The summed E-state index contributed by atoms with van der Waals surface area (Å²) in [7, 11) is 0. The van der Waals surface area contributed by atoms with Crippen molar-refractivity contribution < 1.29 is 19.1 Å². The van der Waals surface area contributed by atoms with E-state index in [0.717, 1.165) is 16.9 Å². The molecule has 3 rings (SSSR count). The zero-order chi connectivity index (χ0) is 25.4. The number of hydrogen-bond acceptors (Lipinski definition) is 7. The zero-order valence-corrected chi connectivity index (χ0v) is 20.7. The van der Waals surface area contributed by atoms with E-state index >= 15 is 0 Å². The lowest BCUT2D eigenvalue weighted by atomic mass is 10.0. The molecular weight excluding hydrogens is 484 g/mol. The number of nitriles is 2. The maximum atomic E-state index is 13.0. The highest BCUT2D eigenvalue weighted by Gasteiger charge is 2.23. The standard InChI is InChI=1S/C27H21ClN2O4S/c1-3-33-27(32)26-17(2)21(15-30)25(35-26)13-23(31)20(14-29)12-18-8-5-7-11-24(18)34-16-19-9-4-6-10-22(19)28/h4-12H,3,13,16H2,1-2H3/b20-12+. The van der Waals surface area contributed by atoms with Crippen LogP contribution < -0.4 is 4.74 Å². The van der Waals surface area contributed by atoms with Gasteiger partial charge in [-0.1, -0.05) is 48.0 Å². The van der Waals surface area contributed by atoms with Gasteiger partial charge in [0.1, 0.15) is 29.4 Å². The van der Waals surface area contributed by atoms with Gasteiger partial charge in [0.25, 0.3) is 0 Å². The highest BCUT2D eigenvalue weighted by atomic mass is 35.5. The fourth-order valence-electron chi connectivity index (χ4n) is 3.31. The highest BCUT2D eigenvalue weighted by Crippen LogP contribution is 2.30. The van der Waals surface area contributed by atoms with Crippen LogP contribution in [0.15, 0.2) is 54.1 Å². The largest absolute Gasteiger partial charge is 0.488 e. The molecule has 0 aliphatic rings. The van der Waals surface area contributed by atoms with Gasteiger partial charge in [-0.25, -0.2) is 4.79 Å². The van der Waals surface area contributed by atoms with Gasteiger partial charge < -0.3 is 9.47 Å². The van der Waals surface area contributed by atoms with E-state index in [-0.39, 0.29) is 35.6 Å². The molecular formula is C27H21ClN2O4S. The lowest BCUT2D eigenvalue weighted by Crippen LogP contribution is -2.05. The molecule has 0 aliphatic heterocycles. The van der Waals surface area contributed by atoms with Gasteiger partial charge in [0.15, 0.2) is 5.78 Å². The first-order valence-corrected chi connectivity index (χ1v) is 11.9. The minimum atomic E-state index is -0.536. The summed E-state index contributed by atoms with van der Waals surface area (Å²) in [5.74, 6) is -0.519. The number of esters is 1. The van der Waals surface area contributed by atoms with Crippen LogP contribution in [0.1, 0.15) is 43.7 Å². The first-order valence-electron chi connectivity index (χ1n) is 10.7. The molecule has 3 aromatic rings. The molecule has 35 heavy (non-hydrogen) atoms. The van der Waals surface area contributed by atoms with Crippen LogP contribution in [-0.2, 0) is 22.6 Å². The van der Waals surface area contributed by atoms with Crippen molar-refractivity contribution in [1.82, 2.24) is 0 Å².